The minimum Gasteiger partial charge on any atom is -0.489 e. The van der Waals surface area contributed by atoms with Crippen molar-refractivity contribution < 1.29 is 9.53 Å². The number of nitrogens with one attached hydrogen (secondary N) is 1. The molecule has 1 atom stereocenters. The molecule has 0 radical (unpaired) electrons. The van der Waals surface area contributed by atoms with E-state index < -0.39 is 0 Å². The molecular formula is C32H29NO2. The molecule has 2 aliphatic rings. The number of hydrogen-bond donors (Lipinski definition) is 1. The zero-order chi connectivity index (χ0) is 24.0. The van der Waals surface area contributed by atoms with Crippen LogP contribution in [0, 0.1) is 5.41 Å². The number of rotatable bonds is 4. The van der Waals surface area contributed by atoms with Crippen molar-refractivity contribution in [2.24, 2.45) is 5.41 Å². The highest BCUT2D eigenvalue weighted by Gasteiger charge is 2.41. The summed E-state index contributed by atoms with van der Waals surface area (Å²) in [4.78, 5) is 13.6. The van der Waals surface area contributed by atoms with E-state index in [1.807, 2.05) is 30.3 Å². The Morgan fingerprint density at radius 3 is 2.40 bits per heavy atom. The Morgan fingerprint density at radius 1 is 0.857 bits per heavy atom. The average molecular weight is 460 g/mol. The van der Waals surface area contributed by atoms with Crippen LogP contribution in [0.15, 0.2) is 102 Å². The molecule has 174 valence electrons. The van der Waals surface area contributed by atoms with Gasteiger partial charge in [-0.1, -0.05) is 86.6 Å². The van der Waals surface area contributed by atoms with Gasteiger partial charge in [0, 0.05) is 29.3 Å². The van der Waals surface area contributed by atoms with Crippen LogP contribution < -0.4 is 10.1 Å². The van der Waals surface area contributed by atoms with E-state index in [0.29, 0.717) is 13.0 Å². The lowest BCUT2D eigenvalue weighted by Crippen LogP contribution is -2.33. The van der Waals surface area contributed by atoms with Gasteiger partial charge in [-0.2, -0.15) is 0 Å². The van der Waals surface area contributed by atoms with Crippen molar-refractivity contribution in [3.05, 3.63) is 119 Å². The zero-order valence-electron chi connectivity index (χ0n) is 20.2. The summed E-state index contributed by atoms with van der Waals surface area (Å²) in [5, 5.41) is 6.04. The fraction of sp³-hybridized carbons (Fsp3) is 0.219. The highest BCUT2D eigenvalue weighted by Crippen LogP contribution is 2.50. The molecule has 0 saturated heterocycles. The second kappa shape index (κ2) is 8.42. The maximum atomic E-state index is 13.6. The molecule has 4 aromatic rings. The first-order valence-electron chi connectivity index (χ1n) is 12.3. The lowest BCUT2D eigenvalue weighted by atomic mass is 9.68. The van der Waals surface area contributed by atoms with Gasteiger partial charge in [0.15, 0.2) is 5.78 Å². The van der Waals surface area contributed by atoms with Crippen LogP contribution in [0.4, 0.5) is 5.69 Å². The second-order valence-corrected chi connectivity index (χ2v) is 10.5. The third-order valence-corrected chi connectivity index (χ3v) is 7.22. The van der Waals surface area contributed by atoms with Gasteiger partial charge in [0.2, 0.25) is 0 Å². The Labute approximate surface area is 206 Å². The lowest BCUT2D eigenvalue weighted by molar-refractivity contribution is -0.118. The van der Waals surface area contributed by atoms with Crippen LogP contribution in [0.3, 0.4) is 0 Å². The smallest absolute Gasteiger partial charge is 0.162 e. The van der Waals surface area contributed by atoms with E-state index in [2.05, 4.69) is 79.8 Å². The van der Waals surface area contributed by atoms with Gasteiger partial charge in [0.25, 0.3) is 0 Å². The number of hydrogen-bond acceptors (Lipinski definition) is 3. The molecule has 4 aromatic carbocycles. The summed E-state index contributed by atoms with van der Waals surface area (Å²) in [5.41, 5.74) is 6.50. The molecule has 1 aliphatic heterocycles. The predicted molar refractivity (Wildman–Crippen MR) is 142 cm³/mol. The van der Waals surface area contributed by atoms with Crippen molar-refractivity contribution in [3.8, 4) is 5.75 Å². The molecule has 1 N–H and O–H groups in total. The Kier molecular flexibility index (Phi) is 5.21. The van der Waals surface area contributed by atoms with Crippen LogP contribution in [0.1, 0.15) is 49.3 Å². The Morgan fingerprint density at radius 2 is 1.60 bits per heavy atom. The number of carbonyl (C=O) groups is 1. The van der Waals surface area contributed by atoms with Crippen LogP contribution in [0.25, 0.3) is 10.8 Å². The van der Waals surface area contributed by atoms with Crippen molar-refractivity contribution >= 4 is 22.2 Å². The normalized spacial score (nSPS) is 18.6. The van der Waals surface area contributed by atoms with Crippen LogP contribution in [-0.4, -0.2) is 5.78 Å². The lowest BCUT2D eigenvalue weighted by Gasteiger charge is -2.40. The molecule has 3 heteroatoms. The Hall–Kier alpha value is -3.85. The van der Waals surface area contributed by atoms with E-state index in [9.17, 15) is 4.79 Å². The summed E-state index contributed by atoms with van der Waals surface area (Å²) in [6.07, 6.45) is 1.44. The molecule has 35 heavy (non-hydrogen) atoms. The number of anilines is 1. The number of benzene rings is 4. The van der Waals surface area contributed by atoms with E-state index in [4.69, 9.17) is 4.74 Å². The Bertz CT molecular complexity index is 1450. The molecule has 6 rings (SSSR count). The van der Waals surface area contributed by atoms with Gasteiger partial charge in [-0.05, 0) is 57.5 Å². The zero-order valence-corrected chi connectivity index (χ0v) is 20.2. The van der Waals surface area contributed by atoms with Crippen molar-refractivity contribution in [1.82, 2.24) is 0 Å². The molecule has 0 saturated carbocycles. The molecule has 0 unspecified atom stereocenters. The molecule has 0 fully saturated rings. The monoisotopic (exact) mass is 459 g/mol. The highest BCUT2D eigenvalue weighted by molar-refractivity contribution is 6.04. The quantitative estimate of drug-likeness (QED) is 0.341. The fourth-order valence-corrected chi connectivity index (χ4v) is 5.63. The maximum Gasteiger partial charge on any atom is 0.162 e. The van der Waals surface area contributed by atoms with E-state index in [0.717, 1.165) is 40.3 Å². The average Bonchev–Trinajstić information content (AvgIpc) is 2.86. The molecule has 0 bridgehead atoms. The summed E-state index contributed by atoms with van der Waals surface area (Å²) in [6, 6.07) is 31.3. The second-order valence-electron chi connectivity index (χ2n) is 10.5. The molecule has 0 amide bonds. The topological polar surface area (TPSA) is 38.3 Å². The molecule has 3 nitrogen and oxygen atoms in total. The number of fused-ring (bicyclic) bond motifs is 3. The summed E-state index contributed by atoms with van der Waals surface area (Å²) < 4.78 is 6.04. The summed E-state index contributed by atoms with van der Waals surface area (Å²) in [5.74, 6) is 0.978. The van der Waals surface area contributed by atoms with Crippen LogP contribution in [-0.2, 0) is 11.4 Å². The van der Waals surface area contributed by atoms with Crippen LogP contribution >= 0.6 is 0 Å². The van der Waals surface area contributed by atoms with Crippen LogP contribution in [0.5, 0.6) is 5.75 Å². The maximum absolute atomic E-state index is 13.6. The third-order valence-electron chi connectivity index (χ3n) is 7.22. The first-order valence-corrected chi connectivity index (χ1v) is 12.3. The number of allylic oxidation sites excluding steroid dienone is 2. The summed E-state index contributed by atoms with van der Waals surface area (Å²) >= 11 is 0. The van der Waals surface area contributed by atoms with Gasteiger partial charge in [-0.15, -0.1) is 0 Å². The third kappa shape index (κ3) is 4.01. The molecule has 1 aliphatic carbocycles. The van der Waals surface area contributed by atoms with Gasteiger partial charge < -0.3 is 10.1 Å². The van der Waals surface area contributed by atoms with Crippen molar-refractivity contribution in [2.75, 3.05) is 5.32 Å². The summed E-state index contributed by atoms with van der Waals surface area (Å²) in [6.45, 7) is 4.89. The largest absolute Gasteiger partial charge is 0.489 e. The predicted octanol–water partition coefficient (Wildman–Crippen LogP) is 7.62. The fourth-order valence-electron chi connectivity index (χ4n) is 5.63. The Balaban J connectivity index is 1.43. The van der Waals surface area contributed by atoms with E-state index in [-0.39, 0.29) is 17.1 Å². The van der Waals surface area contributed by atoms with E-state index in [1.54, 1.807) is 0 Å². The standard InChI is InChI=1S/C32H29NO2/c1-32(2)18-27-31(28(34)19-32)29(30-25-11-7-6-10-22(25)14-17-26(30)33-27)23-12-15-24(16-13-23)35-20-21-8-4-3-5-9-21/h3-17,29,33H,18-20H2,1-2H3/t29-/m1/s1. The number of Topliss-reactive ketones (excluding diaryl/α,β-unsaturated/α-hetero) is 1. The number of ether oxygens (including phenoxy) is 1. The highest BCUT2D eigenvalue weighted by atomic mass is 16.5. The molecular weight excluding hydrogens is 430 g/mol. The van der Waals surface area contributed by atoms with Gasteiger partial charge in [0.1, 0.15) is 12.4 Å². The first kappa shape index (κ1) is 21.7. The molecule has 1 heterocycles. The first-order chi connectivity index (χ1) is 17.0. The number of ketones is 1. The molecule has 0 aromatic heterocycles. The minimum absolute atomic E-state index is 0.0447. The van der Waals surface area contributed by atoms with Gasteiger partial charge in [-0.25, -0.2) is 0 Å². The van der Waals surface area contributed by atoms with E-state index in [1.165, 1.54) is 16.3 Å². The van der Waals surface area contributed by atoms with Gasteiger partial charge in [0.05, 0.1) is 0 Å². The minimum atomic E-state index is -0.0980. The van der Waals surface area contributed by atoms with E-state index >= 15 is 0 Å². The van der Waals surface area contributed by atoms with Crippen molar-refractivity contribution in [2.45, 2.75) is 39.2 Å². The molecule has 0 spiro atoms. The SMILES string of the molecule is CC1(C)CC(=O)C2=C(C1)Nc1ccc3ccccc3c1[C@H]2c1ccc(OCc2ccccc2)cc1. The van der Waals surface area contributed by atoms with Crippen molar-refractivity contribution in [1.29, 1.82) is 0 Å². The van der Waals surface area contributed by atoms with Gasteiger partial charge in [-0.3, -0.25) is 4.79 Å². The van der Waals surface area contributed by atoms with Gasteiger partial charge >= 0.3 is 0 Å². The van der Waals surface area contributed by atoms with Crippen LogP contribution in [0.2, 0.25) is 0 Å². The van der Waals surface area contributed by atoms with Crippen molar-refractivity contribution in [3.63, 3.8) is 0 Å². The number of carbonyl (C=O) groups excluding carboxylic acids is 1. The summed E-state index contributed by atoms with van der Waals surface area (Å²) in [7, 11) is 0.